The maximum atomic E-state index is 12.8. The predicted molar refractivity (Wildman–Crippen MR) is 97.2 cm³/mol. The molecule has 2 aromatic rings. The Balaban J connectivity index is 1.43. The highest BCUT2D eigenvalue weighted by Crippen LogP contribution is 2.37. The molecule has 1 fully saturated rings. The molecule has 0 bridgehead atoms. The number of benzene rings is 1. The molecule has 0 spiro atoms. The van der Waals surface area contributed by atoms with E-state index in [4.69, 9.17) is 9.47 Å². The number of piperidine rings is 1. The maximum absolute atomic E-state index is 12.8. The zero-order valence-corrected chi connectivity index (χ0v) is 15.4. The maximum Gasteiger partial charge on any atom is 0.242 e. The number of ether oxygens (including phenoxy) is 2. The van der Waals surface area contributed by atoms with Crippen molar-refractivity contribution in [3.63, 3.8) is 0 Å². The first-order valence-electron chi connectivity index (χ1n) is 9.16. The molecule has 6 heteroatoms. The van der Waals surface area contributed by atoms with Gasteiger partial charge in [0.15, 0.2) is 11.5 Å². The fourth-order valence-electron chi connectivity index (χ4n) is 4.03. The van der Waals surface area contributed by atoms with Gasteiger partial charge in [0.2, 0.25) is 12.7 Å². The molecule has 1 aromatic heterocycles. The van der Waals surface area contributed by atoms with Gasteiger partial charge in [0.1, 0.15) is 12.4 Å². The van der Waals surface area contributed by atoms with Gasteiger partial charge in [-0.3, -0.25) is 4.79 Å². The summed E-state index contributed by atoms with van der Waals surface area (Å²) in [7, 11) is 0. The molecule has 0 unspecified atom stereocenters. The van der Waals surface area contributed by atoms with E-state index in [2.05, 4.69) is 24.0 Å². The van der Waals surface area contributed by atoms with Gasteiger partial charge in [-0.1, -0.05) is 13.0 Å². The van der Waals surface area contributed by atoms with Gasteiger partial charge in [-0.2, -0.15) is 0 Å². The van der Waals surface area contributed by atoms with Crippen LogP contribution in [0.3, 0.4) is 0 Å². The summed E-state index contributed by atoms with van der Waals surface area (Å²) in [5, 5.41) is 0. The second-order valence-corrected chi connectivity index (χ2v) is 7.70. The van der Waals surface area contributed by atoms with Crippen LogP contribution in [-0.2, 0) is 17.8 Å². The van der Waals surface area contributed by atoms with Gasteiger partial charge in [-0.25, -0.2) is 4.98 Å². The highest BCUT2D eigenvalue weighted by molar-refractivity contribution is 5.76. The normalized spacial score (nSPS) is 21.8. The number of fused-ring (bicyclic) bond motifs is 1. The van der Waals surface area contributed by atoms with Crippen LogP contribution in [0, 0.1) is 12.3 Å². The Kier molecular flexibility index (Phi) is 4.34. The Morgan fingerprint density at radius 1 is 1.31 bits per heavy atom. The summed E-state index contributed by atoms with van der Waals surface area (Å²) in [6.07, 6.45) is 6.69. The lowest BCUT2D eigenvalue weighted by atomic mass is 9.77. The van der Waals surface area contributed by atoms with Crippen molar-refractivity contribution >= 4 is 5.91 Å². The molecule has 0 saturated carbocycles. The van der Waals surface area contributed by atoms with E-state index in [9.17, 15) is 4.79 Å². The third-order valence-electron chi connectivity index (χ3n) is 5.43. The summed E-state index contributed by atoms with van der Waals surface area (Å²) >= 11 is 0. The standard InChI is InChI=1S/C20H25N3O3/c1-15-21-7-9-22(15)12-19(24)23-8-3-6-20(2,13-23)11-16-4-5-17-18(10-16)26-14-25-17/h4-5,7,9-10H,3,6,8,11-14H2,1-2H3/t20-/m0/s1. The van der Waals surface area contributed by atoms with E-state index in [1.807, 2.05) is 28.7 Å². The second-order valence-electron chi connectivity index (χ2n) is 7.70. The van der Waals surface area contributed by atoms with Crippen LogP contribution >= 0.6 is 0 Å². The summed E-state index contributed by atoms with van der Waals surface area (Å²) in [6, 6.07) is 6.16. The molecular weight excluding hydrogens is 330 g/mol. The van der Waals surface area contributed by atoms with E-state index in [-0.39, 0.29) is 11.3 Å². The average molecular weight is 355 g/mol. The molecular formula is C20H25N3O3. The van der Waals surface area contributed by atoms with Crippen molar-refractivity contribution in [1.29, 1.82) is 0 Å². The fourth-order valence-corrected chi connectivity index (χ4v) is 4.03. The van der Waals surface area contributed by atoms with Gasteiger partial charge in [-0.05, 0) is 49.3 Å². The van der Waals surface area contributed by atoms with Crippen molar-refractivity contribution in [3.05, 3.63) is 42.0 Å². The van der Waals surface area contributed by atoms with Crippen LogP contribution < -0.4 is 9.47 Å². The smallest absolute Gasteiger partial charge is 0.242 e. The van der Waals surface area contributed by atoms with Crippen molar-refractivity contribution in [2.45, 2.75) is 39.7 Å². The number of amides is 1. The largest absolute Gasteiger partial charge is 0.454 e. The first-order chi connectivity index (χ1) is 12.5. The van der Waals surface area contributed by atoms with Crippen molar-refractivity contribution in [2.75, 3.05) is 19.9 Å². The highest BCUT2D eigenvalue weighted by atomic mass is 16.7. The van der Waals surface area contributed by atoms with Crippen LogP contribution in [0.15, 0.2) is 30.6 Å². The Morgan fingerprint density at radius 3 is 2.96 bits per heavy atom. The summed E-state index contributed by atoms with van der Waals surface area (Å²) in [6.45, 7) is 6.49. The Morgan fingerprint density at radius 2 is 2.15 bits per heavy atom. The number of likely N-dealkylation sites (tertiary alicyclic amines) is 1. The van der Waals surface area contributed by atoms with Gasteiger partial charge in [0.05, 0.1) is 0 Å². The molecule has 1 amide bonds. The number of carbonyl (C=O) groups excluding carboxylic acids is 1. The SMILES string of the molecule is Cc1nccn1CC(=O)N1CCC[C@@](C)(Cc2ccc3c(c2)OCO3)C1. The lowest BCUT2D eigenvalue weighted by Gasteiger charge is -2.41. The third-order valence-corrected chi connectivity index (χ3v) is 5.43. The van der Waals surface area contributed by atoms with Gasteiger partial charge in [0, 0.05) is 25.5 Å². The van der Waals surface area contributed by atoms with Crippen molar-refractivity contribution in [1.82, 2.24) is 14.5 Å². The first kappa shape index (κ1) is 16.9. The fraction of sp³-hybridized carbons (Fsp3) is 0.500. The van der Waals surface area contributed by atoms with Gasteiger partial charge >= 0.3 is 0 Å². The van der Waals surface area contributed by atoms with E-state index >= 15 is 0 Å². The predicted octanol–water partition coefficient (Wildman–Crippen LogP) is 2.79. The lowest BCUT2D eigenvalue weighted by molar-refractivity contribution is -0.135. The number of nitrogens with zero attached hydrogens (tertiary/aromatic N) is 3. The summed E-state index contributed by atoms with van der Waals surface area (Å²) in [5.41, 5.74) is 1.31. The molecule has 2 aliphatic rings. The van der Waals surface area contributed by atoms with E-state index in [1.54, 1.807) is 6.20 Å². The van der Waals surface area contributed by atoms with Crippen molar-refractivity contribution in [3.8, 4) is 11.5 Å². The number of aryl methyl sites for hydroxylation is 1. The van der Waals surface area contributed by atoms with Gasteiger partial charge in [-0.15, -0.1) is 0 Å². The van der Waals surface area contributed by atoms with Crippen molar-refractivity contribution < 1.29 is 14.3 Å². The Hall–Kier alpha value is -2.50. The topological polar surface area (TPSA) is 56.6 Å². The van der Waals surface area contributed by atoms with Gasteiger partial charge < -0.3 is 18.9 Å². The summed E-state index contributed by atoms with van der Waals surface area (Å²) in [5.74, 6) is 2.68. The number of hydrogen-bond acceptors (Lipinski definition) is 4. The summed E-state index contributed by atoms with van der Waals surface area (Å²) < 4.78 is 12.8. The van der Waals surface area contributed by atoms with Crippen LogP contribution in [-0.4, -0.2) is 40.2 Å². The molecule has 1 aromatic carbocycles. The van der Waals surface area contributed by atoms with Crippen LogP contribution in [0.5, 0.6) is 11.5 Å². The minimum absolute atomic E-state index is 0.0750. The zero-order chi connectivity index (χ0) is 18.1. The number of hydrogen-bond donors (Lipinski definition) is 0. The van der Waals surface area contributed by atoms with Crippen molar-refractivity contribution in [2.24, 2.45) is 5.41 Å². The zero-order valence-electron chi connectivity index (χ0n) is 15.4. The molecule has 0 radical (unpaired) electrons. The molecule has 1 atom stereocenters. The van der Waals surface area contributed by atoms with Crippen LogP contribution in [0.4, 0.5) is 0 Å². The Bertz CT molecular complexity index is 816. The minimum atomic E-state index is 0.0750. The molecule has 2 aliphatic heterocycles. The lowest BCUT2D eigenvalue weighted by Crippen LogP contribution is -2.46. The number of imidazole rings is 1. The van der Waals surface area contributed by atoms with E-state index in [0.717, 1.165) is 49.7 Å². The minimum Gasteiger partial charge on any atom is -0.454 e. The monoisotopic (exact) mass is 355 g/mol. The summed E-state index contributed by atoms with van der Waals surface area (Å²) in [4.78, 5) is 19.0. The number of aromatic nitrogens is 2. The molecule has 4 rings (SSSR count). The molecule has 6 nitrogen and oxygen atoms in total. The molecule has 0 aliphatic carbocycles. The quantitative estimate of drug-likeness (QED) is 0.846. The van der Waals surface area contributed by atoms with E-state index < -0.39 is 0 Å². The van der Waals surface area contributed by atoms with E-state index in [1.165, 1.54) is 5.56 Å². The van der Waals surface area contributed by atoms with E-state index in [0.29, 0.717) is 13.3 Å². The third kappa shape index (κ3) is 3.41. The molecule has 26 heavy (non-hydrogen) atoms. The molecule has 138 valence electrons. The van der Waals surface area contributed by atoms with Crippen LogP contribution in [0.2, 0.25) is 0 Å². The molecule has 1 saturated heterocycles. The molecule has 0 N–H and O–H groups in total. The van der Waals surface area contributed by atoms with Crippen LogP contribution in [0.25, 0.3) is 0 Å². The highest BCUT2D eigenvalue weighted by Gasteiger charge is 2.33. The molecule has 3 heterocycles. The number of rotatable bonds is 4. The Labute approximate surface area is 153 Å². The number of carbonyl (C=O) groups is 1. The van der Waals surface area contributed by atoms with Crippen LogP contribution in [0.1, 0.15) is 31.2 Å². The van der Waals surface area contributed by atoms with Gasteiger partial charge in [0.25, 0.3) is 0 Å². The second kappa shape index (κ2) is 6.67. The average Bonchev–Trinajstić information content (AvgIpc) is 3.23. The first-order valence-corrected chi connectivity index (χ1v) is 9.16.